The van der Waals surface area contributed by atoms with Gasteiger partial charge in [-0.2, -0.15) is 0 Å². The zero-order chi connectivity index (χ0) is 13.8. The predicted octanol–water partition coefficient (Wildman–Crippen LogP) is 1.02. The Labute approximate surface area is 111 Å². The van der Waals surface area contributed by atoms with E-state index in [4.69, 9.17) is 0 Å². The molecule has 0 saturated carbocycles. The molecule has 0 radical (unpaired) electrons. The van der Waals surface area contributed by atoms with Crippen LogP contribution in [0, 0.1) is 10.1 Å². The Hall–Kier alpha value is -1.79. The molecule has 1 aliphatic heterocycles. The zero-order valence-electron chi connectivity index (χ0n) is 10.9. The third kappa shape index (κ3) is 3.59. The number of rotatable bonds is 4. The van der Waals surface area contributed by atoms with Gasteiger partial charge >= 0.3 is 0 Å². The van der Waals surface area contributed by atoms with Crippen molar-refractivity contribution in [2.24, 2.45) is 0 Å². The molecule has 1 aromatic carbocycles. The van der Waals surface area contributed by atoms with Crippen molar-refractivity contribution in [2.45, 2.75) is 0 Å². The summed E-state index contributed by atoms with van der Waals surface area (Å²) in [7, 11) is 2.06. The summed E-state index contributed by atoms with van der Waals surface area (Å²) < 4.78 is 0. The van der Waals surface area contributed by atoms with Crippen molar-refractivity contribution in [2.75, 3.05) is 39.8 Å². The van der Waals surface area contributed by atoms with Crippen LogP contribution >= 0.6 is 0 Å². The molecule has 0 amide bonds. The minimum atomic E-state index is -0.480. The van der Waals surface area contributed by atoms with E-state index in [2.05, 4.69) is 16.8 Å². The molecule has 0 atom stereocenters. The maximum Gasteiger partial charge on any atom is 0.270 e. The molecule has 1 heterocycles. The van der Waals surface area contributed by atoms with E-state index >= 15 is 0 Å². The van der Waals surface area contributed by atoms with Crippen LogP contribution in [0.2, 0.25) is 0 Å². The van der Waals surface area contributed by atoms with Crippen LogP contribution < -0.4 is 0 Å². The van der Waals surface area contributed by atoms with E-state index in [1.807, 2.05) is 0 Å². The van der Waals surface area contributed by atoms with Gasteiger partial charge in [-0.05, 0) is 7.05 Å². The van der Waals surface area contributed by atoms with Crippen molar-refractivity contribution in [3.8, 4) is 0 Å². The summed E-state index contributed by atoms with van der Waals surface area (Å²) in [5.74, 6) is -0.0618. The number of carbonyl (C=O) groups excluding carboxylic acids is 1. The minimum Gasteiger partial charge on any atom is -0.304 e. The quantitative estimate of drug-likeness (QED) is 0.461. The van der Waals surface area contributed by atoms with Crippen molar-refractivity contribution >= 4 is 11.5 Å². The summed E-state index contributed by atoms with van der Waals surface area (Å²) >= 11 is 0. The van der Waals surface area contributed by atoms with Crippen molar-refractivity contribution in [3.63, 3.8) is 0 Å². The molecule has 0 spiro atoms. The lowest BCUT2D eigenvalue weighted by molar-refractivity contribution is -0.384. The normalized spacial score (nSPS) is 17.3. The minimum absolute atomic E-state index is 0.0378. The van der Waals surface area contributed by atoms with Gasteiger partial charge < -0.3 is 4.90 Å². The summed E-state index contributed by atoms with van der Waals surface area (Å²) in [5, 5.41) is 10.7. The van der Waals surface area contributed by atoms with Crippen molar-refractivity contribution in [1.82, 2.24) is 9.80 Å². The number of piperazine rings is 1. The van der Waals surface area contributed by atoms with Gasteiger partial charge in [0.15, 0.2) is 5.78 Å². The molecule has 0 aromatic heterocycles. The lowest BCUT2D eigenvalue weighted by Gasteiger charge is -2.31. The fourth-order valence-corrected chi connectivity index (χ4v) is 2.09. The maximum atomic E-state index is 12.1. The van der Waals surface area contributed by atoms with E-state index in [-0.39, 0.29) is 11.5 Å². The van der Waals surface area contributed by atoms with E-state index in [0.717, 1.165) is 26.2 Å². The van der Waals surface area contributed by atoms with Gasteiger partial charge in [0.1, 0.15) is 0 Å². The Kier molecular flexibility index (Phi) is 4.24. The summed E-state index contributed by atoms with van der Waals surface area (Å²) in [5.41, 5.74) is 0.373. The first kappa shape index (κ1) is 13.6. The molecule has 0 aliphatic carbocycles. The van der Waals surface area contributed by atoms with Crippen molar-refractivity contribution in [1.29, 1.82) is 0 Å². The van der Waals surface area contributed by atoms with Gasteiger partial charge in [0.25, 0.3) is 5.69 Å². The van der Waals surface area contributed by atoms with Gasteiger partial charge in [-0.25, -0.2) is 0 Å². The Bertz CT molecular complexity index is 482. The van der Waals surface area contributed by atoms with Crippen LogP contribution in [0.1, 0.15) is 10.4 Å². The number of nitro benzene ring substituents is 1. The van der Waals surface area contributed by atoms with E-state index in [1.165, 1.54) is 12.1 Å². The van der Waals surface area contributed by atoms with Gasteiger partial charge in [-0.3, -0.25) is 19.8 Å². The molecule has 102 valence electrons. The molecule has 19 heavy (non-hydrogen) atoms. The molecule has 6 nitrogen and oxygen atoms in total. The second-order valence-electron chi connectivity index (χ2n) is 4.81. The molecule has 0 unspecified atom stereocenters. The Morgan fingerprint density at radius 2 is 2.00 bits per heavy atom. The second-order valence-corrected chi connectivity index (χ2v) is 4.81. The standard InChI is InChI=1S/C13H17N3O3/c1-14-5-7-15(8-6-14)10-13(17)11-3-2-4-12(9-11)16(18)19/h2-4,9H,5-8,10H2,1H3. The summed E-state index contributed by atoms with van der Waals surface area (Å²) in [6, 6.07) is 5.92. The SMILES string of the molecule is CN1CCN(CC(=O)c2cccc([N+](=O)[O-])c2)CC1. The zero-order valence-corrected chi connectivity index (χ0v) is 10.9. The number of non-ortho nitro benzene ring substituents is 1. The Morgan fingerprint density at radius 3 is 2.63 bits per heavy atom. The first-order valence-corrected chi connectivity index (χ1v) is 6.25. The van der Waals surface area contributed by atoms with Crippen LogP contribution in [0.5, 0.6) is 0 Å². The maximum absolute atomic E-state index is 12.1. The first-order valence-electron chi connectivity index (χ1n) is 6.25. The van der Waals surface area contributed by atoms with Crippen LogP contribution in [0.15, 0.2) is 24.3 Å². The molecule has 1 aromatic rings. The number of hydrogen-bond acceptors (Lipinski definition) is 5. The van der Waals surface area contributed by atoms with Crippen LogP contribution in [0.25, 0.3) is 0 Å². The van der Waals surface area contributed by atoms with Crippen LogP contribution in [-0.2, 0) is 0 Å². The highest BCUT2D eigenvalue weighted by atomic mass is 16.6. The number of nitro groups is 1. The van der Waals surface area contributed by atoms with E-state index in [1.54, 1.807) is 12.1 Å². The smallest absolute Gasteiger partial charge is 0.270 e. The van der Waals surface area contributed by atoms with Crippen LogP contribution in [0.4, 0.5) is 5.69 Å². The predicted molar refractivity (Wildman–Crippen MR) is 71.4 cm³/mol. The molecule has 1 aliphatic rings. The van der Waals surface area contributed by atoms with E-state index < -0.39 is 4.92 Å². The molecule has 0 bridgehead atoms. The van der Waals surface area contributed by atoms with E-state index in [0.29, 0.717) is 12.1 Å². The Balaban J connectivity index is 2.00. The second kappa shape index (κ2) is 5.90. The molecule has 0 N–H and O–H groups in total. The lowest BCUT2D eigenvalue weighted by atomic mass is 10.1. The average Bonchev–Trinajstić information content (AvgIpc) is 2.41. The van der Waals surface area contributed by atoms with Gasteiger partial charge in [0.05, 0.1) is 11.5 Å². The fraction of sp³-hybridized carbons (Fsp3) is 0.462. The molecular weight excluding hydrogens is 246 g/mol. The molecule has 6 heteroatoms. The highest BCUT2D eigenvalue weighted by molar-refractivity contribution is 5.98. The average molecular weight is 263 g/mol. The fourth-order valence-electron chi connectivity index (χ4n) is 2.09. The monoisotopic (exact) mass is 263 g/mol. The molecule has 2 rings (SSSR count). The van der Waals surface area contributed by atoms with Gasteiger partial charge in [0, 0.05) is 43.9 Å². The molecule has 1 saturated heterocycles. The highest BCUT2D eigenvalue weighted by Crippen LogP contribution is 2.14. The Morgan fingerprint density at radius 1 is 1.32 bits per heavy atom. The number of likely N-dealkylation sites (N-methyl/N-ethyl adjacent to an activating group) is 1. The van der Waals surface area contributed by atoms with Gasteiger partial charge in [-0.1, -0.05) is 12.1 Å². The number of hydrogen-bond donors (Lipinski definition) is 0. The summed E-state index contributed by atoms with van der Waals surface area (Å²) in [6.07, 6.45) is 0. The van der Waals surface area contributed by atoms with Crippen molar-refractivity contribution < 1.29 is 9.72 Å². The van der Waals surface area contributed by atoms with E-state index in [9.17, 15) is 14.9 Å². The van der Waals surface area contributed by atoms with Gasteiger partial charge in [-0.15, -0.1) is 0 Å². The number of ketones is 1. The summed E-state index contributed by atoms with van der Waals surface area (Å²) in [4.78, 5) is 26.6. The topological polar surface area (TPSA) is 66.7 Å². The largest absolute Gasteiger partial charge is 0.304 e. The third-order valence-electron chi connectivity index (χ3n) is 3.34. The lowest BCUT2D eigenvalue weighted by Crippen LogP contribution is -2.46. The van der Waals surface area contributed by atoms with Crippen LogP contribution in [0.3, 0.4) is 0 Å². The van der Waals surface area contributed by atoms with Gasteiger partial charge in [0.2, 0.25) is 0 Å². The summed E-state index contributed by atoms with van der Waals surface area (Å²) in [6.45, 7) is 3.94. The highest BCUT2D eigenvalue weighted by Gasteiger charge is 2.18. The molecule has 1 fully saturated rings. The third-order valence-corrected chi connectivity index (χ3v) is 3.34. The number of nitrogens with zero attached hydrogens (tertiary/aromatic N) is 3. The van der Waals surface area contributed by atoms with Crippen molar-refractivity contribution in [3.05, 3.63) is 39.9 Å². The number of benzene rings is 1. The number of Topliss-reactive ketones (excluding diaryl/α,β-unsaturated/α-hetero) is 1. The van der Waals surface area contributed by atoms with Crippen LogP contribution in [-0.4, -0.2) is 60.3 Å². The number of carbonyl (C=O) groups is 1. The molecular formula is C13H17N3O3. The first-order chi connectivity index (χ1) is 9.06.